The van der Waals surface area contributed by atoms with Crippen molar-refractivity contribution in [2.75, 3.05) is 0 Å². The highest BCUT2D eigenvalue weighted by atomic mass is 19.1. The number of aliphatic hydroxyl groups is 1. The average molecular weight is 438 g/mol. The van der Waals surface area contributed by atoms with Crippen LogP contribution in [-0.2, 0) is 19.1 Å². The number of allylic oxidation sites excluding steroid dienone is 3. The van der Waals surface area contributed by atoms with Gasteiger partial charge in [-0.05, 0) is 50.2 Å². The number of fused-ring (bicyclic) bond motifs is 3. The first-order valence-corrected chi connectivity index (χ1v) is 10.8. The molecule has 2 aliphatic heterocycles. The van der Waals surface area contributed by atoms with E-state index >= 15 is 8.78 Å². The maximum atomic E-state index is 17.3. The number of ether oxygens (including phenoxy) is 2. The highest BCUT2D eigenvalue weighted by Gasteiger charge is 2.79. The second-order valence-electron chi connectivity index (χ2n) is 10.7. The van der Waals surface area contributed by atoms with Crippen molar-refractivity contribution in [3.05, 3.63) is 23.5 Å². The molecule has 0 spiro atoms. The van der Waals surface area contributed by atoms with Crippen LogP contribution in [0.2, 0.25) is 0 Å². The zero-order valence-corrected chi connectivity index (χ0v) is 18.1. The monoisotopic (exact) mass is 438 g/mol. The lowest BCUT2D eigenvalue weighted by molar-refractivity contribution is -0.319. The Labute approximate surface area is 179 Å². The Morgan fingerprint density at radius 1 is 1.19 bits per heavy atom. The molecule has 6 aliphatic rings. The van der Waals surface area contributed by atoms with Gasteiger partial charge in [0.1, 0.15) is 11.9 Å². The van der Waals surface area contributed by atoms with Crippen LogP contribution in [0.4, 0.5) is 8.78 Å². The van der Waals surface area contributed by atoms with Gasteiger partial charge in [-0.15, -0.1) is 0 Å². The molecule has 170 valence electrons. The molecule has 5 fully saturated rings. The van der Waals surface area contributed by atoms with Gasteiger partial charge in [0.05, 0.1) is 11.5 Å². The number of carbonyl (C=O) groups excluding carboxylic acids is 1. The first kappa shape index (κ1) is 21.1. The predicted molar refractivity (Wildman–Crippen MR) is 104 cm³/mol. The van der Waals surface area contributed by atoms with Gasteiger partial charge >= 0.3 is 5.97 Å². The third-order valence-corrected chi connectivity index (χ3v) is 9.00. The van der Waals surface area contributed by atoms with Crippen LogP contribution in [0.3, 0.4) is 0 Å². The summed E-state index contributed by atoms with van der Waals surface area (Å²) in [7, 11) is 0. The maximum Gasteiger partial charge on any atom is 0.336 e. The lowest BCUT2D eigenvalue weighted by atomic mass is 9.44. The van der Waals surface area contributed by atoms with E-state index in [2.05, 4.69) is 0 Å². The van der Waals surface area contributed by atoms with Crippen LogP contribution in [0.5, 0.6) is 0 Å². The van der Waals surface area contributed by atoms with Crippen LogP contribution in [0.25, 0.3) is 0 Å². The van der Waals surface area contributed by atoms with E-state index in [0.717, 1.165) is 12.2 Å². The first-order chi connectivity index (χ1) is 14.2. The summed E-state index contributed by atoms with van der Waals surface area (Å²) in [5.41, 5.74) is -6.92. The van der Waals surface area contributed by atoms with E-state index in [-0.39, 0.29) is 30.6 Å². The Hall–Kier alpha value is -1.80. The number of carboxylic acid groups (broad SMARTS) is 1. The molecule has 8 atom stereocenters. The number of alkyl halides is 2. The molecule has 2 N–H and O–H groups in total. The van der Waals surface area contributed by atoms with Gasteiger partial charge in [-0.3, -0.25) is 4.79 Å². The van der Waals surface area contributed by atoms with Crippen LogP contribution < -0.4 is 0 Å². The van der Waals surface area contributed by atoms with E-state index in [1.54, 1.807) is 6.92 Å². The number of aliphatic carboxylic acids is 1. The molecule has 31 heavy (non-hydrogen) atoms. The molecule has 6 nitrogen and oxygen atoms in total. The third-order valence-electron chi connectivity index (χ3n) is 9.00. The van der Waals surface area contributed by atoms with Gasteiger partial charge < -0.3 is 19.7 Å². The summed E-state index contributed by atoms with van der Waals surface area (Å²) < 4.78 is 45.1. The number of carboxylic acids is 1. The third kappa shape index (κ3) is 2.18. The number of hydrogen-bond donors (Lipinski definition) is 2. The number of aliphatic hydroxyl groups excluding tert-OH is 1. The quantitative estimate of drug-likeness (QED) is 0.653. The molecule has 2 heterocycles. The van der Waals surface area contributed by atoms with Crippen molar-refractivity contribution in [1.29, 1.82) is 0 Å². The van der Waals surface area contributed by atoms with E-state index in [1.807, 2.05) is 0 Å². The molecule has 0 radical (unpaired) electrons. The molecule has 0 aromatic rings. The van der Waals surface area contributed by atoms with Gasteiger partial charge in [0, 0.05) is 31.3 Å². The highest BCUT2D eigenvalue weighted by molar-refractivity contribution is 6.02. The number of carbonyl (C=O) groups is 2. The number of rotatable bonds is 1. The molecule has 6 bridgehead atoms. The van der Waals surface area contributed by atoms with Crippen molar-refractivity contribution < 1.29 is 38.1 Å². The van der Waals surface area contributed by atoms with Gasteiger partial charge in [-0.25, -0.2) is 13.6 Å². The summed E-state index contributed by atoms with van der Waals surface area (Å²) in [6, 6.07) is 0. The second-order valence-corrected chi connectivity index (χ2v) is 10.7. The first-order valence-electron chi connectivity index (χ1n) is 10.8. The van der Waals surface area contributed by atoms with Crippen molar-refractivity contribution >= 4 is 11.8 Å². The minimum absolute atomic E-state index is 0.0322. The van der Waals surface area contributed by atoms with Crippen molar-refractivity contribution in [1.82, 2.24) is 0 Å². The normalized spacial score (nSPS) is 52.2. The molecule has 3 saturated carbocycles. The van der Waals surface area contributed by atoms with Gasteiger partial charge in [0.15, 0.2) is 17.1 Å². The summed E-state index contributed by atoms with van der Waals surface area (Å²) in [6.45, 7) is 6.23. The van der Waals surface area contributed by atoms with Crippen LogP contribution >= 0.6 is 0 Å². The van der Waals surface area contributed by atoms with Crippen molar-refractivity contribution in [2.45, 2.75) is 82.7 Å². The molecule has 6 rings (SSSR count). The van der Waals surface area contributed by atoms with E-state index in [4.69, 9.17) is 9.47 Å². The largest absolute Gasteiger partial charge is 0.479 e. The number of halogens is 2. The van der Waals surface area contributed by atoms with Crippen LogP contribution in [0, 0.1) is 22.7 Å². The van der Waals surface area contributed by atoms with Crippen LogP contribution in [0.15, 0.2) is 23.5 Å². The molecule has 8 heteroatoms. The molecular weight excluding hydrogens is 410 g/mol. The molecule has 2 saturated heterocycles. The average Bonchev–Trinajstić information content (AvgIpc) is 2.91. The van der Waals surface area contributed by atoms with Gasteiger partial charge in [0.2, 0.25) is 5.79 Å². The lowest BCUT2D eigenvalue weighted by Crippen LogP contribution is -2.73. The Morgan fingerprint density at radius 2 is 1.87 bits per heavy atom. The Bertz CT molecular complexity index is 958. The molecular formula is C23H28F2O6. The lowest BCUT2D eigenvalue weighted by Gasteiger charge is -2.65. The van der Waals surface area contributed by atoms with Crippen LogP contribution in [0.1, 0.15) is 53.4 Å². The van der Waals surface area contributed by atoms with Crippen molar-refractivity contribution in [2.24, 2.45) is 22.7 Å². The number of hydrogen-bond acceptors (Lipinski definition) is 5. The van der Waals surface area contributed by atoms with Gasteiger partial charge in [-0.2, -0.15) is 0 Å². The standard InChI is InChI=1S/C23H28F2O6/c1-19(2)30-17-8-11(26)7-14-15(24)9-13-12-5-6-22(31-19,18(28)29)20(12,3)10-16(27)23(13,25)21(14,17)4/h7-8,12-13,15-16,27H,5-6,9-10H2,1-4H3,(H,28,29)/t12-,13-,15-,16+,20+,21+,22-,23-/m0/s1. The van der Waals surface area contributed by atoms with Gasteiger partial charge in [-0.1, -0.05) is 6.92 Å². The molecule has 0 amide bonds. The summed E-state index contributed by atoms with van der Waals surface area (Å²) in [5, 5.41) is 21.6. The Morgan fingerprint density at radius 3 is 2.52 bits per heavy atom. The molecule has 4 aliphatic carbocycles. The summed E-state index contributed by atoms with van der Waals surface area (Å²) >= 11 is 0. The molecule has 0 aromatic carbocycles. The summed E-state index contributed by atoms with van der Waals surface area (Å²) in [6.07, 6.45) is -0.891. The minimum Gasteiger partial charge on any atom is -0.479 e. The Kier molecular flexibility index (Phi) is 3.91. The minimum atomic E-state index is -2.32. The zero-order valence-electron chi connectivity index (χ0n) is 18.1. The molecule has 0 aromatic heterocycles. The van der Waals surface area contributed by atoms with E-state index in [1.165, 1.54) is 20.8 Å². The summed E-state index contributed by atoms with van der Waals surface area (Å²) in [5.74, 6) is -4.87. The predicted octanol–water partition coefficient (Wildman–Crippen LogP) is 3.24. The fourth-order valence-electron chi connectivity index (χ4n) is 7.67. The van der Waals surface area contributed by atoms with Gasteiger partial charge in [0.25, 0.3) is 0 Å². The maximum absolute atomic E-state index is 17.3. The fourth-order valence-corrected chi connectivity index (χ4v) is 7.67. The Balaban J connectivity index is 1.84. The number of ketones is 1. The SMILES string of the molecule is CC1(C)OC2=CC(=O)C=C3[C@@H](F)C[C@H]4[C@@H]5CC[C@@](C(=O)O)(O1)[C@]5(C)C[C@@H](O)[C@]4(F)[C@@]23C. The zero-order chi connectivity index (χ0) is 22.8. The van der Waals surface area contributed by atoms with Crippen LogP contribution in [-0.4, -0.2) is 51.3 Å². The fraction of sp³-hybridized carbons (Fsp3) is 0.739. The van der Waals surface area contributed by atoms with E-state index < -0.39 is 63.8 Å². The van der Waals surface area contributed by atoms with Crippen molar-refractivity contribution in [3.8, 4) is 0 Å². The second kappa shape index (κ2) is 5.76. The molecule has 0 unspecified atom stereocenters. The smallest absolute Gasteiger partial charge is 0.336 e. The van der Waals surface area contributed by atoms with E-state index in [9.17, 15) is 19.8 Å². The topological polar surface area (TPSA) is 93.1 Å². The van der Waals surface area contributed by atoms with Crippen molar-refractivity contribution in [3.63, 3.8) is 0 Å². The summed E-state index contributed by atoms with van der Waals surface area (Å²) in [4.78, 5) is 25.0. The highest BCUT2D eigenvalue weighted by Crippen LogP contribution is 2.72. The van der Waals surface area contributed by atoms with E-state index in [0.29, 0.717) is 6.42 Å².